The number of methoxy groups -OCH3 is 1. The minimum Gasteiger partial charge on any atom is -0.500 e. The van der Waals surface area contributed by atoms with Crippen molar-refractivity contribution < 1.29 is 14.8 Å². The number of ether oxygens (including phenoxy) is 1. The maximum Gasteiger partial charge on any atom is 0.314 e. The van der Waals surface area contributed by atoms with Gasteiger partial charge in [-0.05, 0) is 30.4 Å². The number of nitro benzene ring substituents is 1. The predicted molar refractivity (Wildman–Crippen MR) is 90.5 cm³/mol. The summed E-state index contributed by atoms with van der Waals surface area (Å²) in [5, 5.41) is 24.7. The predicted octanol–water partition coefficient (Wildman–Crippen LogP) is 2.45. The van der Waals surface area contributed by atoms with Crippen LogP contribution in [0.1, 0.15) is 37.3 Å². The van der Waals surface area contributed by atoms with Gasteiger partial charge in [0.1, 0.15) is 0 Å². The van der Waals surface area contributed by atoms with Crippen molar-refractivity contribution in [2.75, 3.05) is 33.3 Å². The Morgan fingerprint density at radius 1 is 1.33 bits per heavy atom. The lowest BCUT2D eigenvalue weighted by Crippen LogP contribution is -2.46. The van der Waals surface area contributed by atoms with E-state index in [-0.39, 0.29) is 17.5 Å². The zero-order valence-corrected chi connectivity index (χ0v) is 14.0. The fraction of sp³-hybridized carbons (Fsp3) is 0.647. The number of rotatable bonds is 5. The largest absolute Gasteiger partial charge is 0.500 e. The third-order valence-electron chi connectivity index (χ3n) is 5.23. The van der Waals surface area contributed by atoms with E-state index in [9.17, 15) is 15.2 Å². The summed E-state index contributed by atoms with van der Waals surface area (Å²) < 4.78 is 5.19. The average Bonchev–Trinajstić information content (AvgIpc) is 3.11. The van der Waals surface area contributed by atoms with Gasteiger partial charge in [-0.1, -0.05) is 12.8 Å². The molecule has 1 aromatic rings. The summed E-state index contributed by atoms with van der Waals surface area (Å²) in [5.41, 5.74) is 0.604. The van der Waals surface area contributed by atoms with Gasteiger partial charge in [0.15, 0.2) is 5.75 Å². The first-order valence-electron chi connectivity index (χ1n) is 8.62. The second-order valence-corrected chi connectivity index (χ2v) is 6.62. The van der Waals surface area contributed by atoms with Crippen molar-refractivity contribution in [1.82, 2.24) is 10.2 Å². The maximum atomic E-state index is 11.3. The molecule has 1 aliphatic heterocycles. The summed E-state index contributed by atoms with van der Waals surface area (Å²) in [6.45, 7) is 3.72. The minimum absolute atomic E-state index is 0.141. The fourth-order valence-corrected chi connectivity index (χ4v) is 4.09. The molecule has 1 aromatic carbocycles. The van der Waals surface area contributed by atoms with Gasteiger partial charge in [0, 0.05) is 38.3 Å². The molecule has 0 amide bonds. The summed E-state index contributed by atoms with van der Waals surface area (Å²) in [5.74, 6) is 0.283. The van der Waals surface area contributed by atoms with Crippen LogP contribution in [0.5, 0.6) is 11.5 Å². The summed E-state index contributed by atoms with van der Waals surface area (Å²) in [7, 11) is 1.43. The molecule has 3 rings (SSSR count). The lowest BCUT2D eigenvalue weighted by molar-refractivity contribution is -0.386. The highest BCUT2D eigenvalue weighted by Crippen LogP contribution is 2.44. The second kappa shape index (κ2) is 7.36. The van der Waals surface area contributed by atoms with Crippen molar-refractivity contribution >= 4 is 5.69 Å². The molecule has 0 spiro atoms. The Kier molecular flexibility index (Phi) is 5.20. The number of hydrogen-bond acceptors (Lipinski definition) is 6. The molecule has 2 fully saturated rings. The molecule has 0 aromatic heterocycles. The van der Waals surface area contributed by atoms with Crippen LogP contribution in [-0.2, 0) is 0 Å². The standard InChI is InChI=1S/C17H25N3O4/c1-24-15-11-13(10-14(17(15)21)20(22)23)16(12-4-2-3-5-12)19-8-6-18-7-9-19/h10-12,16,18,21H,2-9H2,1H3/t16-/m1/s1. The molecular weight excluding hydrogens is 310 g/mol. The molecule has 0 bridgehead atoms. The molecule has 7 nitrogen and oxygen atoms in total. The molecule has 2 N–H and O–H groups in total. The van der Waals surface area contributed by atoms with Crippen LogP contribution >= 0.6 is 0 Å². The van der Waals surface area contributed by atoms with E-state index in [2.05, 4.69) is 10.2 Å². The molecular formula is C17H25N3O4. The lowest BCUT2D eigenvalue weighted by atomic mass is 9.89. The molecule has 2 aliphatic rings. The number of nitrogens with zero attached hydrogens (tertiary/aromatic N) is 2. The topological polar surface area (TPSA) is 87.9 Å². The van der Waals surface area contributed by atoms with E-state index < -0.39 is 10.7 Å². The molecule has 1 saturated carbocycles. The van der Waals surface area contributed by atoms with Crippen molar-refractivity contribution in [3.8, 4) is 11.5 Å². The summed E-state index contributed by atoms with van der Waals surface area (Å²) in [6, 6.07) is 3.44. The van der Waals surface area contributed by atoms with Crippen molar-refractivity contribution in [2.24, 2.45) is 5.92 Å². The van der Waals surface area contributed by atoms with E-state index in [1.165, 1.54) is 26.0 Å². The summed E-state index contributed by atoms with van der Waals surface area (Å²) in [4.78, 5) is 13.2. The monoisotopic (exact) mass is 335 g/mol. The Morgan fingerprint density at radius 2 is 2.00 bits per heavy atom. The lowest BCUT2D eigenvalue weighted by Gasteiger charge is -2.38. The first-order chi connectivity index (χ1) is 11.6. The second-order valence-electron chi connectivity index (χ2n) is 6.62. The molecule has 0 unspecified atom stereocenters. The van der Waals surface area contributed by atoms with Crippen LogP contribution < -0.4 is 10.1 Å². The quantitative estimate of drug-likeness (QED) is 0.635. The number of phenols is 1. The molecule has 1 heterocycles. The van der Waals surface area contributed by atoms with E-state index in [0.29, 0.717) is 5.92 Å². The van der Waals surface area contributed by atoms with Gasteiger partial charge in [-0.3, -0.25) is 15.0 Å². The number of phenolic OH excluding ortho intramolecular Hbond substituents is 1. The van der Waals surface area contributed by atoms with Gasteiger partial charge in [-0.25, -0.2) is 0 Å². The van der Waals surface area contributed by atoms with E-state index in [4.69, 9.17) is 4.74 Å². The van der Waals surface area contributed by atoms with Gasteiger partial charge < -0.3 is 15.2 Å². The molecule has 1 aliphatic carbocycles. The van der Waals surface area contributed by atoms with E-state index in [0.717, 1.165) is 44.6 Å². The summed E-state index contributed by atoms with van der Waals surface area (Å²) >= 11 is 0. The number of piperazine rings is 1. The number of benzene rings is 1. The Labute approximate surface area is 141 Å². The van der Waals surface area contributed by atoms with E-state index in [1.54, 1.807) is 6.07 Å². The van der Waals surface area contributed by atoms with Gasteiger partial charge in [-0.15, -0.1) is 0 Å². The Bertz CT molecular complexity index is 596. The molecule has 1 saturated heterocycles. The Balaban J connectivity index is 2.02. The molecule has 1 atom stereocenters. The minimum atomic E-state index is -0.537. The van der Waals surface area contributed by atoms with Crippen LogP contribution in [0.25, 0.3) is 0 Å². The highest BCUT2D eigenvalue weighted by Gasteiger charge is 2.34. The average molecular weight is 335 g/mol. The Morgan fingerprint density at radius 3 is 2.58 bits per heavy atom. The zero-order valence-electron chi connectivity index (χ0n) is 14.0. The third-order valence-corrected chi connectivity index (χ3v) is 5.23. The Hall–Kier alpha value is -1.86. The van der Waals surface area contributed by atoms with E-state index in [1.807, 2.05) is 0 Å². The molecule has 24 heavy (non-hydrogen) atoms. The third kappa shape index (κ3) is 3.32. The van der Waals surface area contributed by atoms with Crippen LogP contribution in [0.4, 0.5) is 5.69 Å². The number of hydrogen-bond donors (Lipinski definition) is 2. The fourth-order valence-electron chi connectivity index (χ4n) is 4.09. The first-order valence-corrected chi connectivity index (χ1v) is 8.62. The van der Waals surface area contributed by atoms with Gasteiger partial charge in [0.2, 0.25) is 5.75 Å². The zero-order chi connectivity index (χ0) is 17.1. The SMILES string of the molecule is COc1cc([C@@H](C2CCCC2)N2CCNCC2)cc([N+](=O)[O-])c1O. The van der Waals surface area contributed by atoms with Gasteiger partial charge in [0.05, 0.1) is 12.0 Å². The van der Waals surface area contributed by atoms with Crippen LogP contribution in [0.2, 0.25) is 0 Å². The van der Waals surface area contributed by atoms with Crippen molar-refractivity contribution in [3.63, 3.8) is 0 Å². The highest BCUT2D eigenvalue weighted by atomic mass is 16.6. The molecule has 132 valence electrons. The summed E-state index contributed by atoms with van der Waals surface area (Å²) in [6.07, 6.45) is 4.71. The first kappa shape index (κ1) is 17.0. The van der Waals surface area contributed by atoms with Crippen molar-refractivity contribution in [2.45, 2.75) is 31.7 Å². The highest BCUT2D eigenvalue weighted by molar-refractivity contribution is 5.57. The van der Waals surface area contributed by atoms with Crippen LogP contribution in [-0.4, -0.2) is 48.2 Å². The number of nitro groups is 1. The smallest absolute Gasteiger partial charge is 0.314 e. The van der Waals surface area contributed by atoms with E-state index >= 15 is 0 Å². The van der Waals surface area contributed by atoms with Crippen molar-refractivity contribution in [3.05, 3.63) is 27.8 Å². The van der Waals surface area contributed by atoms with Gasteiger partial charge >= 0.3 is 5.69 Å². The van der Waals surface area contributed by atoms with Gasteiger partial charge in [-0.2, -0.15) is 0 Å². The normalized spacial score (nSPS) is 20.9. The van der Waals surface area contributed by atoms with Gasteiger partial charge in [0.25, 0.3) is 0 Å². The number of nitrogens with one attached hydrogen (secondary N) is 1. The molecule has 0 radical (unpaired) electrons. The molecule has 7 heteroatoms. The van der Waals surface area contributed by atoms with Crippen LogP contribution in [0.3, 0.4) is 0 Å². The van der Waals surface area contributed by atoms with Crippen molar-refractivity contribution in [1.29, 1.82) is 0 Å². The number of aromatic hydroxyl groups is 1. The van der Waals surface area contributed by atoms with Crippen LogP contribution in [0.15, 0.2) is 12.1 Å². The maximum absolute atomic E-state index is 11.3. The van der Waals surface area contributed by atoms with Crippen LogP contribution in [0, 0.1) is 16.0 Å².